The molecule has 3 nitrogen and oxygen atoms in total. The molecule has 1 spiro atoms. The lowest BCUT2D eigenvalue weighted by Gasteiger charge is -2.54. The average molecular weight is 141 g/mol. The Morgan fingerprint density at radius 3 is 2.40 bits per heavy atom. The van der Waals surface area contributed by atoms with Crippen LogP contribution < -0.4 is 0 Å². The Morgan fingerprint density at radius 2 is 2.10 bits per heavy atom. The number of ether oxygens (including phenoxy) is 1. The van der Waals surface area contributed by atoms with Crippen LogP contribution in [-0.4, -0.2) is 37.1 Å². The van der Waals surface area contributed by atoms with E-state index >= 15 is 0 Å². The van der Waals surface area contributed by atoms with Crippen molar-refractivity contribution in [2.45, 2.75) is 6.92 Å². The number of carbonyl (C=O) groups excluding carboxylic acids is 1. The number of rotatable bonds is 0. The van der Waals surface area contributed by atoms with Gasteiger partial charge in [0.2, 0.25) is 5.91 Å². The fourth-order valence-electron chi connectivity index (χ4n) is 1.56. The predicted molar refractivity (Wildman–Crippen MR) is 35.5 cm³/mol. The first-order valence-corrected chi connectivity index (χ1v) is 3.55. The molecule has 0 aromatic heterocycles. The Bertz CT molecular complexity index is 166. The highest BCUT2D eigenvalue weighted by molar-refractivity contribution is 5.74. The summed E-state index contributed by atoms with van der Waals surface area (Å²) in [6.45, 7) is 5.17. The molecule has 2 saturated heterocycles. The van der Waals surface area contributed by atoms with Crippen molar-refractivity contribution in [2.24, 2.45) is 5.41 Å². The lowest BCUT2D eigenvalue weighted by molar-refractivity contribution is -0.193. The molecule has 56 valence electrons. The van der Waals surface area contributed by atoms with E-state index in [2.05, 4.69) is 0 Å². The van der Waals surface area contributed by atoms with Crippen LogP contribution in [0.3, 0.4) is 0 Å². The highest BCUT2D eigenvalue weighted by Crippen LogP contribution is 2.37. The van der Waals surface area contributed by atoms with E-state index in [1.165, 1.54) is 0 Å². The maximum Gasteiger partial charge on any atom is 0.219 e. The number of amides is 1. The van der Waals surface area contributed by atoms with Gasteiger partial charge in [-0.2, -0.15) is 0 Å². The van der Waals surface area contributed by atoms with Gasteiger partial charge in [-0.05, 0) is 0 Å². The highest BCUT2D eigenvalue weighted by Gasteiger charge is 2.49. The molecule has 0 N–H and O–H groups in total. The smallest absolute Gasteiger partial charge is 0.219 e. The van der Waals surface area contributed by atoms with Gasteiger partial charge in [0.25, 0.3) is 0 Å². The molecular weight excluding hydrogens is 130 g/mol. The normalized spacial score (nSPS) is 27.5. The van der Waals surface area contributed by atoms with Crippen LogP contribution in [0.4, 0.5) is 0 Å². The third-order valence-corrected chi connectivity index (χ3v) is 2.31. The summed E-state index contributed by atoms with van der Waals surface area (Å²) in [5.74, 6) is 0.192. The predicted octanol–water partition coefficient (Wildman–Crippen LogP) is -0.135. The Hall–Kier alpha value is -0.570. The van der Waals surface area contributed by atoms with Crippen LogP contribution in [0, 0.1) is 5.41 Å². The third-order valence-electron chi connectivity index (χ3n) is 2.31. The van der Waals surface area contributed by atoms with E-state index in [1.54, 1.807) is 6.92 Å². The molecule has 0 radical (unpaired) electrons. The molecule has 2 aliphatic heterocycles. The molecule has 2 aliphatic rings. The van der Waals surface area contributed by atoms with Gasteiger partial charge in [0.1, 0.15) is 0 Å². The zero-order valence-corrected chi connectivity index (χ0v) is 6.09. The monoisotopic (exact) mass is 141 g/mol. The minimum Gasteiger partial charge on any atom is -0.380 e. The molecule has 1 amide bonds. The molecular formula is C7H11NO2. The summed E-state index contributed by atoms with van der Waals surface area (Å²) in [7, 11) is 0. The summed E-state index contributed by atoms with van der Waals surface area (Å²) >= 11 is 0. The average Bonchev–Trinajstić information content (AvgIpc) is 1.54. The van der Waals surface area contributed by atoms with Crippen molar-refractivity contribution in [1.29, 1.82) is 0 Å². The summed E-state index contributed by atoms with van der Waals surface area (Å²) in [5, 5.41) is 0. The molecule has 0 saturated carbocycles. The van der Waals surface area contributed by atoms with E-state index in [0.717, 1.165) is 26.3 Å². The van der Waals surface area contributed by atoms with Crippen LogP contribution in [0.5, 0.6) is 0 Å². The topological polar surface area (TPSA) is 29.5 Å². The van der Waals surface area contributed by atoms with Crippen molar-refractivity contribution < 1.29 is 9.53 Å². The second-order valence-electron chi connectivity index (χ2n) is 3.37. The summed E-state index contributed by atoms with van der Waals surface area (Å²) in [5.41, 5.74) is 0.381. The minimum absolute atomic E-state index is 0.192. The second-order valence-corrected chi connectivity index (χ2v) is 3.37. The van der Waals surface area contributed by atoms with Gasteiger partial charge in [0.05, 0.1) is 18.6 Å². The molecule has 0 atom stereocenters. The van der Waals surface area contributed by atoms with Gasteiger partial charge in [0.15, 0.2) is 0 Å². The Labute approximate surface area is 60.0 Å². The second kappa shape index (κ2) is 1.72. The van der Waals surface area contributed by atoms with Crippen molar-refractivity contribution in [3.8, 4) is 0 Å². The largest absolute Gasteiger partial charge is 0.380 e. The van der Waals surface area contributed by atoms with Gasteiger partial charge >= 0.3 is 0 Å². The molecule has 2 fully saturated rings. The first-order valence-electron chi connectivity index (χ1n) is 3.55. The summed E-state index contributed by atoms with van der Waals surface area (Å²) in [4.78, 5) is 12.6. The van der Waals surface area contributed by atoms with Crippen molar-refractivity contribution in [1.82, 2.24) is 4.90 Å². The van der Waals surface area contributed by atoms with Gasteiger partial charge in [-0.15, -0.1) is 0 Å². The number of likely N-dealkylation sites (tertiary alicyclic amines) is 1. The Morgan fingerprint density at radius 1 is 1.50 bits per heavy atom. The zero-order valence-electron chi connectivity index (χ0n) is 6.09. The van der Waals surface area contributed by atoms with Crippen LogP contribution >= 0.6 is 0 Å². The molecule has 10 heavy (non-hydrogen) atoms. The molecule has 3 heteroatoms. The first kappa shape index (κ1) is 6.16. The molecule has 0 unspecified atom stereocenters. The van der Waals surface area contributed by atoms with E-state index in [1.807, 2.05) is 4.90 Å². The summed E-state index contributed by atoms with van der Waals surface area (Å²) < 4.78 is 5.07. The van der Waals surface area contributed by atoms with E-state index < -0.39 is 0 Å². The third kappa shape index (κ3) is 0.669. The zero-order chi connectivity index (χ0) is 7.19. The molecule has 0 aromatic rings. The van der Waals surface area contributed by atoms with Crippen LogP contribution in [0.2, 0.25) is 0 Å². The van der Waals surface area contributed by atoms with Gasteiger partial charge in [-0.25, -0.2) is 0 Å². The fraction of sp³-hybridized carbons (Fsp3) is 0.857. The van der Waals surface area contributed by atoms with E-state index in [9.17, 15) is 4.79 Å². The molecule has 0 aliphatic carbocycles. The quantitative estimate of drug-likeness (QED) is 0.470. The van der Waals surface area contributed by atoms with Crippen molar-refractivity contribution in [3.63, 3.8) is 0 Å². The molecule has 2 rings (SSSR count). The first-order chi connectivity index (χ1) is 4.72. The number of hydrogen-bond donors (Lipinski definition) is 0. The molecule has 0 bridgehead atoms. The lowest BCUT2D eigenvalue weighted by atomic mass is 9.78. The van der Waals surface area contributed by atoms with Crippen LogP contribution in [0.1, 0.15) is 6.92 Å². The number of hydrogen-bond acceptors (Lipinski definition) is 2. The molecule has 2 heterocycles. The van der Waals surface area contributed by atoms with Gasteiger partial charge in [0, 0.05) is 20.0 Å². The Kier molecular flexibility index (Phi) is 1.06. The lowest BCUT2D eigenvalue weighted by Crippen LogP contribution is -2.66. The number of carbonyl (C=O) groups is 1. The van der Waals surface area contributed by atoms with Gasteiger partial charge in [-0.3, -0.25) is 4.79 Å². The van der Waals surface area contributed by atoms with Crippen LogP contribution in [0.25, 0.3) is 0 Å². The Balaban J connectivity index is 1.88. The fourth-order valence-corrected chi connectivity index (χ4v) is 1.56. The van der Waals surface area contributed by atoms with Crippen molar-refractivity contribution in [3.05, 3.63) is 0 Å². The maximum absolute atomic E-state index is 10.7. The van der Waals surface area contributed by atoms with Gasteiger partial charge in [-0.1, -0.05) is 0 Å². The maximum atomic E-state index is 10.7. The van der Waals surface area contributed by atoms with Crippen LogP contribution in [-0.2, 0) is 9.53 Å². The van der Waals surface area contributed by atoms with Crippen molar-refractivity contribution in [2.75, 3.05) is 26.3 Å². The van der Waals surface area contributed by atoms with E-state index in [4.69, 9.17) is 4.74 Å². The summed E-state index contributed by atoms with van der Waals surface area (Å²) in [6, 6.07) is 0. The minimum atomic E-state index is 0.192. The number of nitrogens with zero attached hydrogens (tertiary/aromatic N) is 1. The van der Waals surface area contributed by atoms with Crippen LogP contribution in [0.15, 0.2) is 0 Å². The highest BCUT2D eigenvalue weighted by atomic mass is 16.5. The van der Waals surface area contributed by atoms with E-state index in [0.29, 0.717) is 5.41 Å². The summed E-state index contributed by atoms with van der Waals surface area (Å²) in [6.07, 6.45) is 0. The SMILES string of the molecule is CC(=O)N1CC2(COC2)C1. The molecule has 0 aromatic carbocycles. The van der Waals surface area contributed by atoms with Gasteiger partial charge < -0.3 is 9.64 Å². The van der Waals surface area contributed by atoms with Crippen molar-refractivity contribution >= 4 is 5.91 Å². The van der Waals surface area contributed by atoms with E-state index in [-0.39, 0.29) is 5.91 Å². The standard InChI is InChI=1S/C7H11NO2/c1-6(9)8-2-7(3-8)4-10-5-7/h2-5H2,1H3.